The van der Waals surface area contributed by atoms with Crippen LogP contribution in [0.4, 0.5) is 5.69 Å². The van der Waals surface area contributed by atoms with Gasteiger partial charge >= 0.3 is 0 Å². The SMILES string of the molecule is COc1ccc(N(CC(=O)N/N=C\c2cccnc2)S(C)(=O)=O)cc1Cl. The van der Waals surface area contributed by atoms with Crippen molar-refractivity contribution in [1.29, 1.82) is 0 Å². The Morgan fingerprint density at radius 1 is 1.42 bits per heavy atom. The first-order valence-corrected chi connectivity index (χ1v) is 9.57. The number of ether oxygens (including phenoxy) is 1. The summed E-state index contributed by atoms with van der Waals surface area (Å²) in [6.07, 6.45) is 5.58. The van der Waals surface area contributed by atoms with E-state index < -0.39 is 22.5 Å². The van der Waals surface area contributed by atoms with Gasteiger partial charge in [-0.05, 0) is 24.3 Å². The smallest absolute Gasteiger partial charge is 0.260 e. The quantitative estimate of drug-likeness (QED) is 0.566. The van der Waals surface area contributed by atoms with E-state index in [4.69, 9.17) is 16.3 Å². The zero-order chi connectivity index (χ0) is 19.2. The van der Waals surface area contributed by atoms with Gasteiger partial charge in [0.2, 0.25) is 10.0 Å². The summed E-state index contributed by atoms with van der Waals surface area (Å²) >= 11 is 6.04. The number of methoxy groups -OCH3 is 1. The Morgan fingerprint density at radius 2 is 2.19 bits per heavy atom. The molecule has 0 aliphatic heterocycles. The fourth-order valence-electron chi connectivity index (χ4n) is 2.01. The molecule has 0 unspecified atom stereocenters. The Bertz CT molecular complexity index is 904. The van der Waals surface area contributed by atoms with Crippen LogP contribution in [0.25, 0.3) is 0 Å². The molecule has 0 aliphatic carbocycles. The number of halogens is 1. The van der Waals surface area contributed by atoms with E-state index in [-0.39, 0.29) is 10.7 Å². The minimum absolute atomic E-state index is 0.230. The number of amides is 1. The van der Waals surface area contributed by atoms with Crippen LogP contribution in [0.5, 0.6) is 5.75 Å². The van der Waals surface area contributed by atoms with Gasteiger partial charge in [0.25, 0.3) is 5.91 Å². The molecule has 26 heavy (non-hydrogen) atoms. The van der Waals surface area contributed by atoms with Crippen LogP contribution in [0.3, 0.4) is 0 Å². The van der Waals surface area contributed by atoms with Gasteiger partial charge in [0.15, 0.2) is 0 Å². The average Bonchev–Trinajstić information content (AvgIpc) is 2.59. The molecule has 0 radical (unpaired) electrons. The number of carbonyl (C=O) groups is 1. The highest BCUT2D eigenvalue weighted by atomic mass is 35.5. The number of rotatable bonds is 7. The number of pyridine rings is 1. The number of sulfonamides is 1. The van der Waals surface area contributed by atoms with Crippen molar-refractivity contribution in [3.63, 3.8) is 0 Å². The average molecular weight is 397 g/mol. The lowest BCUT2D eigenvalue weighted by atomic mass is 10.3. The van der Waals surface area contributed by atoms with Gasteiger partial charge in [0.05, 0.1) is 30.3 Å². The molecule has 2 aromatic rings. The zero-order valence-corrected chi connectivity index (χ0v) is 15.7. The van der Waals surface area contributed by atoms with Crippen molar-refractivity contribution in [2.45, 2.75) is 0 Å². The number of nitrogens with one attached hydrogen (secondary N) is 1. The Balaban J connectivity index is 2.12. The Kier molecular flexibility index (Phi) is 6.53. The second-order valence-corrected chi connectivity index (χ2v) is 7.48. The molecular weight excluding hydrogens is 380 g/mol. The topological polar surface area (TPSA) is 101 Å². The van der Waals surface area contributed by atoms with Crippen LogP contribution in [0.15, 0.2) is 47.8 Å². The maximum atomic E-state index is 12.1. The van der Waals surface area contributed by atoms with Crippen LogP contribution < -0.4 is 14.5 Å². The van der Waals surface area contributed by atoms with E-state index in [1.54, 1.807) is 24.5 Å². The van der Waals surface area contributed by atoms with Crippen molar-refractivity contribution in [1.82, 2.24) is 10.4 Å². The van der Waals surface area contributed by atoms with Crippen LogP contribution in [0.2, 0.25) is 5.02 Å². The molecule has 0 fully saturated rings. The molecule has 2 rings (SSSR count). The van der Waals surface area contributed by atoms with Crippen molar-refractivity contribution in [3.8, 4) is 5.75 Å². The lowest BCUT2D eigenvalue weighted by molar-refractivity contribution is -0.119. The first kappa shape index (κ1) is 19.7. The molecule has 138 valence electrons. The van der Waals surface area contributed by atoms with Gasteiger partial charge in [-0.3, -0.25) is 14.1 Å². The summed E-state index contributed by atoms with van der Waals surface area (Å²) in [5, 5.41) is 4.01. The molecule has 0 bridgehead atoms. The summed E-state index contributed by atoms with van der Waals surface area (Å²) in [5.41, 5.74) is 3.21. The number of hydrogen-bond acceptors (Lipinski definition) is 6. The molecule has 1 heterocycles. The molecule has 0 aliphatic rings. The Labute approximate surface area is 156 Å². The van der Waals surface area contributed by atoms with E-state index >= 15 is 0 Å². The first-order valence-electron chi connectivity index (χ1n) is 7.34. The fourth-order valence-corrected chi connectivity index (χ4v) is 3.11. The zero-order valence-electron chi connectivity index (χ0n) is 14.1. The number of nitrogens with zero attached hydrogens (tertiary/aromatic N) is 3. The second-order valence-electron chi connectivity index (χ2n) is 5.17. The Hall–Kier alpha value is -2.65. The number of hydrazone groups is 1. The lowest BCUT2D eigenvalue weighted by Gasteiger charge is -2.21. The minimum Gasteiger partial charge on any atom is -0.495 e. The molecular formula is C16H17ClN4O4S. The summed E-state index contributed by atoms with van der Waals surface area (Å²) in [7, 11) is -2.27. The van der Waals surface area contributed by atoms with E-state index in [0.29, 0.717) is 11.3 Å². The van der Waals surface area contributed by atoms with Crippen molar-refractivity contribution in [3.05, 3.63) is 53.3 Å². The largest absolute Gasteiger partial charge is 0.495 e. The van der Waals surface area contributed by atoms with Crippen molar-refractivity contribution < 1.29 is 17.9 Å². The highest BCUT2D eigenvalue weighted by Crippen LogP contribution is 2.30. The maximum absolute atomic E-state index is 12.1. The third kappa shape index (κ3) is 5.43. The van der Waals surface area contributed by atoms with Gasteiger partial charge in [-0.2, -0.15) is 5.10 Å². The minimum atomic E-state index is -3.72. The van der Waals surface area contributed by atoms with Gasteiger partial charge in [-0.15, -0.1) is 0 Å². The normalized spacial score (nSPS) is 11.3. The predicted octanol–water partition coefficient (Wildman–Crippen LogP) is 1.66. The summed E-state index contributed by atoms with van der Waals surface area (Å²) < 4.78 is 30.1. The molecule has 0 spiro atoms. The van der Waals surface area contributed by atoms with E-state index in [1.807, 2.05) is 0 Å². The summed E-state index contributed by atoms with van der Waals surface area (Å²) in [6.45, 7) is -0.453. The number of anilines is 1. The molecule has 1 N–H and O–H groups in total. The summed E-state index contributed by atoms with van der Waals surface area (Å²) in [4.78, 5) is 16.0. The van der Waals surface area contributed by atoms with Crippen molar-refractivity contribution in [2.75, 3.05) is 24.2 Å². The fraction of sp³-hybridized carbons (Fsp3) is 0.188. The molecule has 1 aromatic heterocycles. The van der Waals surface area contributed by atoms with E-state index in [0.717, 1.165) is 10.6 Å². The second kappa shape index (κ2) is 8.63. The number of hydrogen-bond donors (Lipinski definition) is 1. The predicted molar refractivity (Wildman–Crippen MR) is 100 cm³/mol. The van der Waals surface area contributed by atoms with Crippen LogP contribution in [-0.2, 0) is 14.8 Å². The monoisotopic (exact) mass is 396 g/mol. The van der Waals surface area contributed by atoms with Crippen LogP contribution in [0.1, 0.15) is 5.56 Å². The van der Waals surface area contributed by atoms with Crippen LogP contribution in [0, 0.1) is 0 Å². The first-order chi connectivity index (χ1) is 12.3. The van der Waals surface area contributed by atoms with Gasteiger partial charge in [0.1, 0.15) is 12.3 Å². The van der Waals surface area contributed by atoms with E-state index in [1.165, 1.54) is 31.5 Å². The maximum Gasteiger partial charge on any atom is 0.260 e. The van der Waals surface area contributed by atoms with Crippen molar-refractivity contribution in [2.24, 2.45) is 5.10 Å². The molecule has 0 atom stereocenters. The van der Waals surface area contributed by atoms with Crippen LogP contribution in [-0.4, -0.2) is 45.4 Å². The molecule has 1 aromatic carbocycles. The lowest BCUT2D eigenvalue weighted by Crippen LogP contribution is -2.39. The molecule has 1 amide bonds. The van der Waals surface area contributed by atoms with Gasteiger partial charge in [0, 0.05) is 18.0 Å². The molecule has 8 nitrogen and oxygen atoms in total. The van der Waals surface area contributed by atoms with Gasteiger partial charge in [-0.1, -0.05) is 17.7 Å². The third-order valence-electron chi connectivity index (χ3n) is 3.20. The van der Waals surface area contributed by atoms with E-state index in [2.05, 4.69) is 15.5 Å². The Morgan fingerprint density at radius 3 is 2.77 bits per heavy atom. The third-order valence-corrected chi connectivity index (χ3v) is 4.63. The number of benzene rings is 1. The standard InChI is InChI=1S/C16H17ClN4O4S/c1-25-15-6-5-13(8-14(15)17)21(26(2,23)24)11-16(22)20-19-10-12-4-3-7-18-9-12/h3-10H,11H2,1-2H3,(H,20,22)/b19-10-. The number of carbonyl (C=O) groups excluding carboxylic acids is 1. The molecule has 10 heteroatoms. The van der Waals surface area contributed by atoms with E-state index in [9.17, 15) is 13.2 Å². The summed E-state index contributed by atoms with van der Waals surface area (Å²) in [5.74, 6) is -0.211. The van der Waals surface area contributed by atoms with Gasteiger partial charge in [-0.25, -0.2) is 13.8 Å². The van der Waals surface area contributed by atoms with Crippen molar-refractivity contribution >= 4 is 39.4 Å². The summed E-state index contributed by atoms with van der Waals surface area (Å²) in [6, 6.07) is 7.91. The highest BCUT2D eigenvalue weighted by Gasteiger charge is 2.21. The number of aromatic nitrogens is 1. The molecule has 0 saturated carbocycles. The molecule has 0 saturated heterocycles. The highest BCUT2D eigenvalue weighted by molar-refractivity contribution is 7.92. The van der Waals surface area contributed by atoms with Gasteiger partial charge < -0.3 is 4.74 Å². The van der Waals surface area contributed by atoms with Crippen LogP contribution >= 0.6 is 11.6 Å².